The minimum absolute atomic E-state index is 0.454. The van der Waals surface area contributed by atoms with E-state index in [1.807, 2.05) is 0 Å². The molecule has 106 valence electrons. The van der Waals surface area contributed by atoms with Crippen molar-refractivity contribution in [2.24, 2.45) is 0 Å². The molecule has 0 saturated heterocycles. The molecular formula is C18H23NO. The first-order valence-corrected chi connectivity index (χ1v) is 7.20. The molecule has 0 aliphatic carbocycles. The number of hydrogen-bond donors (Lipinski definition) is 1. The zero-order valence-electron chi connectivity index (χ0n) is 12.3. The number of anilines is 1. The molecule has 0 heterocycles. The SMILES string of the molecule is CCC(Cc1ccccc1)Nc1cccc(COC)c1. The molecule has 0 amide bonds. The van der Waals surface area contributed by atoms with Crippen LogP contribution in [-0.4, -0.2) is 13.2 Å². The third kappa shape index (κ3) is 4.39. The zero-order valence-corrected chi connectivity index (χ0v) is 12.3. The molecular weight excluding hydrogens is 246 g/mol. The van der Waals surface area contributed by atoms with Gasteiger partial charge in [-0.25, -0.2) is 0 Å². The molecule has 2 aromatic rings. The number of hydrogen-bond acceptors (Lipinski definition) is 2. The van der Waals surface area contributed by atoms with Crippen LogP contribution in [0.3, 0.4) is 0 Å². The van der Waals surface area contributed by atoms with Gasteiger partial charge < -0.3 is 10.1 Å². The van der Waals surface area contributed by atoms with Crippen molar-refractivity contribution in [3.63, 3.8) is 0 Å². The molecule has 2 nitrogen and oxygen atoms in total. The summed E-state index contributed by atoms with van der Waals surface area (Å²) in [4.78, 5) is 0. The van der Waals surface area contributed by atoms with Gasteiger partial charge in [-0.2, -0.15) is 0 Å². The van der Waals surface area contributed by atoms with Gasteiger partial charge in [-0.3, -0.25) is 0 Å². The molecule has 0 radical (unpaired) electrons. The maximum absolute atomic E-state index is 5.18. The van der Waals surface area contributed by atoms with Gasteiger partial charge in [0.2, 0.25) is 0 Å². The van der Waals surface area contributed by atoms with Crippen LogP contribution < -0.4 is 5.32 Å². The van der Waals surface area contributed by atoms with E-state index in [9.17, 15) is 0 Å². The maximum atomic E-state index is 5.18. The van der Waals surface area contributed by atoms with Crippen LogP contribution in [0.15, 0.2) is 54.6 Å². The summed E-state index contributed by atoms with van der Waals surface area (Å²) in [5.41, 5.74) is 3.74. The van der Waals surface area contributed by atoms with Gasteiger partial charge in [0.25, 0.3) is 0 Å². The number of rotatable bonds is 7. The predicted octanol–water partition coefficient (Wildman–Crippen LogP) is 4.27. The summed E-state index contributed by atoms with van der Waals surface area (Å²) in [7, 11) is 1.73. The van der Waals surface area contributed by atoms with Crippen molar-refractivity contribution in [1.82, 2.24) is 0 Å². The Balaban J connectivity index is 2.00. The van der Waals surface area contributed by atoms with Crippen molar-refractivity contribution in [1.29, 1.82) is 0 Å². The quantitative estimate of drug-likeness (QED) is 0.810. The molecule has 0 aliphatic rings. The van der Waals surface area contributed by atoms with Crippen molar-refractivity contribution < 1.29 is 4.74 Å². The molecule has 2 aromatic carbocycles. The summed E-state index contributed by atoms with van der Waals surface area (Å²) in [6, 6.07) is 19.5. The molecule has 0 bridgehead atoms. The summed E-state index contributed by atoms with van der Waals surface area (Å²) < 4.78 is 5.18. The van der Waals surface area contributed by atoms with Gasteiger partial charge in [0.15, 0.2) is 0 Å². The Bertz CT molecular complexity index is 510. The van der Waals surface area contributed by atoms with Gasteiger partial charge in [-0.05, 0) is 36.1 Å². The molecule has 0 spiro atoms. The smallest absolute Gasteiger partial charge is 0.0713 e. The van der Waals surface area contributed by atoms with Crippen LogP contribution in [0.1, 0.15) is 24.5 Å². The van der Waals surface area contributed by atoms with E-state index in [1.54, 1.807) is 7.11 Å². The van der Waals surface area contributed by atoms with Crippen molar-refractivity contribution in [3.8, 4) is 0 Å². The second-order valence-corrected chi connectivity index (χ2v) is 5.07. The first-order chi connectivity index (χ1) is 9.81. The van der Waals surface area contributed by atoms with Gasteiger partial charge in [-0.1, -0.05) is 49.4 Å². The number of nitrogens with one attached hydrogen (secondary N) is 1. The van der Waals surface area contributed by atoms with Crippen molar-refractivity contribution in [2.75, 3.05) is 12.4 Å². The van der Waals surface area contributed by atoms with E-state index in [0.29, 0.717) is 12.6 Å². The van der Waals surface area contributed by atoms with Crippen LogP contribution in [0, 0.1) is 0 Å². The van der Waals surface area contributed by atoms with Crippen LogP contribution in [0.5, 0.6) is 0 Å². The standard InChI is InChI=1S/C18H23NO/c1-3-17(12-15-8-5-4-6-9-15)19-18-11-7-10-16(13-18)14-20-2/h4-11,13,17,19H,3,12,14H2,1-2H3. The van der Waals surface area contributed by atoms with E-state index in [1.165, 1.54) is 16.8 Å². The lowest BCUT2D eigenvalue weighted by Gasteiger charge is -2.19. The van der Waals surface area contributed by atoms with E-state index in [2.05, 4.69) is 66.8 Å². The molecule has 1 atom stereocenters. The number of methoxy groups -OCH3 is 1. The molecule has 1 N–H and O–H groups in total. The van der Waals surface area contributed by atoms with Gasteiger partial charge in [-0.15, -0.1) is 0 Å². The van der Waals surface area contributed by atoms with Gasteiger partial charge >= 0.3 is 0 Å². The highest BCUT2D eigenvalue weighted by Gasteiger charge is 2.07. The van der Waals surface area contributed by atoms with Crippen LogP contribution in [0.25, 0.3) is 0 Å². The minimum atomic E-state index is 0.454. The summed E-state index contributed by atoms with van der Waals surface area (Å²) >= 11 is 0. The third-order valence-electron chi connectivity index (χ3n) is 3.43. The van der Waals surface area contributed by atoms with Crippen molar-refractivity contribution in [2.45, 2.75) is 32.4 Å². The molecule has 2 rings (SSSR count). The molecule has 20 heavy (non-hydrogen) atoms. The third-order valence-corrected chi connectivity index (χ3v) is 3.43. The monoisotopic (exact) mass is 269 g/mol. The zero-order chi connectivity index (χ0) is 14.2. The first kappa shape index (κ1) is 14.6. The Morgan fingerprint density at radius 2 is 1.75 bits per heavy atom. The summed E-state index contributed by atoms with van der Waals surface area (Å²) in [6.07, 6.45) is 2.15. The van der Waals surface area contributed by atoms with Crippen LogP contribution in [0.2, 0.25) is 0 Å². The second-order valence-electron chi connectivity index (χ2n) is 5.07. The highest BCUT2D eigenvalue weighted by Crippen LogP contribution is 2.16. The molecule has 0 saturated carbocycles. The largest absolute Gasteiger partial charge is 0.382 e. The number of ether oxygens (including phenoxy) is 1. The van der Waals surface area contributed by atoms with Gasteiger partial charge in [0.05, 0.1) is 6.61 Å². The predicted molar refractivity (Wildman–Crippen MR) is 85.0 cm³/mol. The van der Waals surface area contributed by atoms with Crippen LogP contribution >= 0.6 is 0 Å². The van der Waals surface area contributed by atoms with Crippen molar-refractivity contribution >= 4 is 5.69 Å². The molecule has 0 aliphatic heterocycles. The topological polar surface area (TPSA) is 21.3 Å². The molecule has 0 aromatic heterocycles. The van der Waals surface area contributed by atoms with E-state index in [4.69, 9.17) is 4.74 Å². The highest BCUT2D eigenvalue weighted by molar-refractivity contribution is 5.46. The Hall–Kier alpha value is -1.80. The van der Waals surface area contributed by atoms with E-state index < -0.39 is 0 Å². The lowest BCUT2D eigenvalue weighted by atomic mass is 10.0. The molecule has 1 unspecified atom stereocenters. The van der Waals surface area contributed by atoms with Crippen molar-refractivity contribution in [3.05, 3.63) is 65.7 Å². The maximum Gasteiger partial charge on any atom is 0.0713 e. The Labute approximate surface area is 121 Å². The lowest BCUT2D eigenvalue weighted by Crippen LogP contribution is -2.21. The first-order valence-electron chi connectivity index (χ1n) is 7.20. The highest BCUT2D eigenvalue weighted by atomic mass is 16.5. The average molecular weight is 269 g/mol. The van der Waals surface area contributed by atoms with Gasteiger partial charge in [0.1, 0.15) is 0 Å². The Morgan fingerprint density at radius 1 is 1.00 bits per heavy atom. The van der Waals surface area contributed by atoms with Crippen LogP contribution in [0.4, 0.5) is 5.69 Å². The minimum Gasteiger partial charge on any atom is -0.382 e. The normalized spacial score (nSPS) is 12.1. The Morgan fingerprint density at radius 3 is 2.45 bits per heavy atom. The van der Waals surface area contributed by atoms with E-state index in [0.717, 1.165) is 12.8 Å². The number of benzene rings is 2. The second kappa shape index (κ2) is 7.71. The van der Waals surface area contributed by atoms with E-state index >= 15 is 0 Å². The fourth-order valence-electron chi connectivity index (χ4n) is 2.35. The summed E-state index contributed by atoms with van der Waals surface area (Å²) in [5, 5.41) is 3.62. The fraction of sp³-hybridized carbons (Fsp3) is 0.333. The summed E-state index contributed by atoms with van der Waals surface area (Å²) in [6.45, 7) is 2.88. The van der Waals surface area contributed by atoms with E-state index in [-0.39, 0.29) is 0 Å². The lowest BCUT2D eigenvalue weighted by molar-refractivity contribution is 0.185. The molecule has 0 fully saturated rings. The molecule has 2 heteroatoms. The summed E-state index contributed by atoms with van der Waals surface area (Å²) in [5.74, 6) is 0. The fourth-order valence-corrected chi connectivity index (χ4v) is 2.35. The van der Waals surface area contributed by atoms with Crippen LogP contribution in [-0.2, 0) is 17.8 Å². The van der Waals surface area contributed by atoms with Gasteiger partial charge in [0, 0.05) is 18.8 Å². The average Bonchev–Trinajstić information content (AvgIpc) is 2.48. The Kier molecular flexibility index (Phi) is 5.63.